The zero-order chi connectivity index (χ0) is 34.9. The second kappa shape index (κ2) is 17.0. The lowest BCUT2D eigenvalue weighted by molar-refractivity contribution is -0.230. The van der Waals surface area contributed by atoms with Crippen LogP contribution in [0.4, 0.5) is 0 Å². The van der Waals surface area contributed by atoms with Gasteiger partial charge in [-0.05, 0) is 61.5 Å². The molecule has 8 heteroatoms. The van der Waals surface area contributed by atoms with Gasteiger partial charge in [-0.15, -0.1) is 0 Å². The first kappa shape index (κ1) is 35.4. The summed E-state index contributed by atoms with van der Waals surface area (Å²) >= 11 is 0. The topological polar surface area (TPSA) is 67.9 Å². The van der Waals surface area contributed by atoms with Crippen LogP contribution in [0.2, 0.25) is 0 Å². The van der Waals surface area contributed by atoms with Crippen molar-refractivity contribution in [2.24, 2.45) is 0 Å². The maximum atomic E-state index is 7.02. The molecule has 1 fully saturated rings. The highest BCUT2D eigenvalue weighted by molar-refractivity contribution is 6.00. The molecule has 1 heterocycles. The van der Waals surface area contributed by atoms with Gasteiger partial charge in [0.15, 0.2) is 6.79 Å². The van der Waals surface area contributed by atoms with E-state index >= 15 is 0 Å². The third kappa shape index (κ3) is 8.12. The van der Waals surface area contributed by atoms with Crippen LogP contribution in [0, 0.1) is 0 Å². The fourth-order valence-corrected chi connectivity index (χ4v) is 6.75. The van der Waals surface area contributed by atoms with E-state index in [1.54, 1.807) is 14.2 Å². The molecule has 6 rings (SSSR count). The SMILES string of the molecule is COCOc1ccc(OC)c2c(OCc3ccccc3)ccc([C@H]3O[C@@H](C)[C@@H](OCc4ccccc4)[C@@H](N(C)C)[C@@H]3OCc3ccccc3)c12. The molecule has 1 saturated heterocycles. The number of nitrogens with zero attached hydrogens (tertiary/aromatic N) is 1. The molecule has 5 atom stereocenters. The molecule has 0 bridgehead atoms. The van der Waals surface area contributed by atoms with E-state index in [1.165, 1.54) is 0 Å². The Morgan fingerprint density at radius 3 is 1.66 bits per heavy atom. The number of benzene rings is 5. The molecule has 0 aromatic heterocycles. The van der Waals surface area contributed by atoms with Crippen LogP contribution >= 0.6 is 0 Å². The molecule has 0 amide bonds. The normalized spacial score (nSPS) is 20.6. The van der Waals surface area contributed by atoms with Crippen LogP contribution in [0.1, 0.15) is 35.3 Å². The van der Waals surface area contributed by atoms with Gasteiger partial charge < -0.3 is 38.1 Å². The zero-order valence-corrected chi connectivity index (χ0v) is 29.5. The molecule has 5 aromatic carbocycles. The molecule has 1 aliphatic rings. The fraction of sp³-hybridized carbons (Fsp3) is 0.333. The first-order valence-corrected chi connectivity index (χ1v) is 17.0. The number of ether oxygens (including phenoxy) is 7. The van der Waals surface area contributed by atoms with Crippen molar-refractivity contribution in [3.05, 3.63) is 138 Å². The molecule has 0 N–H and O–H groups in total. The highest BCUT2D eigenvalue weighted by Gasteiger charge is 2.48. The highest BCUT2D eigenvalue weighted by Crippen LogP contribution is 2.47. The summed E-state index contributed by atoms with van der Waals surface area (Å²) in [5.74, 6) is 1.96. The Hall–Kier alpha value is -4.44. The number of fused-ring (bicyclic) bond motifs is 1. The van der Waals surface area contributed by atoms with Crippen molar-refractivity contribution in [2.75, 3.05) is 35.1 Å². The maximum absolute atomic E-state index is 7.02. The third-order valence-electron chi connectivity index (χ3n) is 9.14. The molecule has 50 heavy (non-hydrogen) atoms. The zero-order valence-electron chi connectivity index (χ0n) is 29.5. The lowest BCUT2D eigenvalue weighted by Gasteiger charge is -2.48. The Balaban J connectivity index is 1.45. The van der Waals surface area contributed by atoms with Crippen molar-refractivity contribution in [2.45, 2.75) is 57.2 Å². The van der Waals surface area contributed by atoms with Crippen LogP contribution < -0.4 is 14.2 Å². The number of rotatable bonds is 15. The van der Waals surface area contributed by atoms with Crippen LogP contribution in [0.15, 0.2) is 115 Å². The van der Waals surface area contributed by atoms with Crippen molar-refractivity contribution in [3.63, 3.8) is 0 Å². The van der Waals surface area contributed by atoms with E-state index in [2.05, 4.69) is 56.3 Å². The van der Waals surface area contributed by atoms with Crippen LogP contribution in [-0.2, 0) is 38.8 Å². The Morgan fingerprint density at radius 2 is 1.10 bits per heavy atom. The monoisotopic (exact) mass is 677 g/mol. The van der Waals surface area contributed by atoms with Gasteiger partial charge in [0, 0.05) is 12.5 Å². The summed E-state index contributed by atoms with van der Waals surface area (Å²) in [5, 5.41) is 1.61. The summed E-state index contributed by atoms with van der Waals surface area (Å²) < 4.78 is 44.7. The van der Waals surface area contributed by atoms with Crippen LogP contribution in [0.3, 0.4) is 0 Å². The van der Waals surface area contributed by atoms with E-state index in [4.69, 9.17) is 33.2 Å². The molecule has 8 nitrogen and oxygen atoms in total. The molecule has 0 aliphatic carbocycles. The van der Waals surface area contributed by atoms with Crippen LogP contribution in [-0.4, -0.2) is 64.4 Å². The molecular formula is C42H47NO7. The van der Waals surface area contributed by atoms with Crippen molar-refractivity contribution in [1.82, 2.24) is 4.90 Å². The average Bonchev–Trinajstić information content (AvgIpc) is 3.15. The van der Waals surface area contributed by atoms with E-state index in [1.807, 2.05) is 84.9 Å². The smallest absolute Gasteiger partial charge is 0.188 e. The van der Waals surface area contributed by atoms with Gasteiger partial charge in [-0.2, -0.15) is 0 Å². The number of likely N-dealkylation sites (N-methyl/N-ethyl adjacent to an activating group) is 1. The van der Waals surface area contributed by atoms with Gasteiger partial charge in [-0.1, -0.05) is 97.1 Å². The lowest BCUT2D eigenvalue weighted by atomic mass is 9.86. The first-order chi connectivity index (χ1) is 24.5. The Kier molecular flexibility index (Phi) is 12.0. The van der Waals surface area contributed by atoms with Gasteiger partial charge in [-0.3, -0.25) is 0 Å². The van der Waals surface area contributed by atoms with E-state index < -0.39 is 12.2 Å². The van der Waals surface area contributed by atoms with E-state index in [0.29, 0.717) is 37.1 Å². The van der Waals surface area contributed by atoms with Crippen molar-refractivity contribution in [3.8, 4) is 17.2 Å². The number of hydrogen-bond donors (Lipinski definition) is 0. The van der Waals surface area contributed by atoms with Gasteiger partial charge in [0.2, 0.25) is 0 Å². The molecule has 0 radical (unpaired) electrons. The van der Waals surface area contributed by atoms with Crippen molar-refractivity contribution >= 4 is 10.8 Å². The van der Waals surface area contributed by atoms with Gasteiger partial charge in [0.05, 0.1) is 37.9 Å². The van der Waals surface area contributed by atoms with Gasteiger partial charge in [0.1, 0.15) is 42.2 Å². The summed E-state index contributed by atoms with van der Waals surface area (Å²) in [7, 11) is 7.43. The quantitative estimate of drug-likeness (QED) is 0.103. The second-order valence-corrected chi connectivity index (χ2v) is 12.7. The Bertz CT molecular complexity index is 1780. The third-order valence-corrected chi connectivity index (χ3v) is 9.14. The minimum Gasteiger partial charge on any atom is -0.496 e. The fourth-order valence-electron chi connectivity index (χ4n) is 6.75. The van der Waals surface area contributed by atoms with E-state index in [0.717, 1.165) is 33.0 Å². The Morgan fingerprint density at radius 1 is 0.580 bits per heavy atom. The summed E-state index contributed by atoms with van der Waals surface area (Å²) in [4.78, 5) is 2.19. The van der Waals surface area contributed by atoms with Crippen molar-refractivity contribution < 1.29 is 33.2 Å². The van der Waals surface area contributed by atoms with Crippen molar-refractivity contribution in [1.29, 1.82) is 0 Å². The molecule has 262 valence electrons. The largest absolute Gasteiger partial charge is 0.496 e. The van der Waals surface area contributed by atoms with Crippen LogP contribution in [0.5, 0.6) is 17.2 Å². The number of hydrogen-bond acceptors (Lipinski definition) is 8. The summed E-state index contributed by atoms with van der Waals surface area (Å²) in [6.07, 6.45) is -1.48. The average molecular weight is 678 g/mol. The van der Waals surface area contributed by atoms with E-state index in [9.17, 15) is 0 Å². The van der Waals surface area contributed by atoms with E-state index in [-0.39, 0.29) is 25.0 Å². The minimum atomic E-state index is -0.500. The summed E-state index contributed by atoms with van der Waals surface area (Å²) in [6, 6.07) is 38.2. The standard InChI is InChI=1S/C42H47NO7/c1-29-40(47-26-31-17-11-7-12-18-31)39(43(2)3)42(48-27-32-19-13-8-14-20-32)41(50-29)33-21-22-36(46-25-30-15-9-6-10-16-30)38-34(45-5)23-24-35(37(33)38)49-28-44-4/h6-24,29,39-42H,25-28H2,1-5H3/t29-,39+,40+,41+,42-/m0/s1. The lowest BCUT2D eigenvalue weighted by Crippen LogP contribution is -2.60. The molecule has 0 unspecified atom stereocenters. The predicted molar refractivity (Wildman–Crippen MR) is 195 cm³/mol. The van der Waals surface area contributed by atoms with Crippen LogP contribution in [0.25, 0.3) is 10.8 Å². The molecule has 0 saturated carbocycles. The molecule has 0 spiro atoms. The minimum absolute atomic E-state index is 0.0710. The Labute approximate surface area is 295 Å². The highest BCUT2D eigenvalue weighted by atomic mass is 16.7. The molecule has 1 aliphatic heterocycles. The maximum Gasteiger partial charge on any atom is 0.188 e. The predicted octanol–water partition coefficient (Wildman–Crippen LogP) is 7.97. The molecular weight excluding hydrogens is 630 g/mol. The first-order valence-electron chi connectivity index (χ1n) is 17.0. The summed E-state index contributed by atoms with van der Waals surface area (Å²) in [5.41, 5.74) is 4.13. The summed E-state index contributed by atoms with van der Waals surface area (Å²) in [6.45, 7) is 3.41. The van der Waals surface area contributed by atoms with Gasteiger partial charge >= 0.3 is 0 Å². The second-order valence-electron chi connectivity index (χ2n) is 12.7. The number of methoxy groups -OCH3 is 2. The van der Waals surface area contributed by atoms with Gasteiger partial charge in [-0.25, -0.2) is 0 Å². The molecule has 5 aromatic rings. The van der Waals surface area contributed by atoms with Gasteiger partial charge in [0.25, 0.3) is 0 Å².